The number of benzene rings is 1. The molecule has 0 radical (unpaired) electrons. The summed E-state index contributed by atoms with van der Waals surface area (Å²) in [4.78, 5) is 24.0. The van der Waals surface area contributed by atoms with Crippen LogP contribution in [-0.2, 0) is 16.1 Å². The van der Waals surface area contributed by atoms with E-state index in [0.29, 0.717) is 19.5 Å². The maximum atomic E-state index is 11.4. The Balaban J connectivity index is 2.10. The standard InChI is InChI=1S/C11H10BrNO2/c12-9-3-1-2-8(6-9)7-13-5-4-10(14)11(13)15/h1-3,6H,4-5,7H2. The quantitative estimate of drug-likeness (QED) is 0.766. The Morgan fingerprint density at radius 2 is 2.13 bits per heavy atom. The Morgan fingerprint density at radius 3 is 2.73 bits per heavy atom. The van der Waals surface area contributed by atoms with E-state index >= 15 is 0 Å². The maximum Gasteiger partial charge on any atom is 0.290 e. The molecule has 0 N–H and O–H groups in total. The van der Waals surface area contributed by atoms with Gasteiger partial charge < -0.3 is 4.90 Å². The van der Waals surface area contributed by atoms with Crippen molar-refractivity contribution in [2.45, 2.75) is 13.0 Å². The average molecular weight is 268 g/mol. The normalized spacial score (nSPS) is 16.2. The lowest BCUT2D eigenvalue weighted by atomic mass is 10.2. The zero-order valence-corrected chi connectivity index (χ0v) is 9.66. The maximum absolute atomic E-state index is 11.4. The van der Waals surface area contributed by atoms with E-state index in [0.717, 1.165) is 10.0 Å². The van der Waals surface area contributed by atoms with Crippen LogP contribution in [0.25, 0.3) is 0 Å². The lowest BCUT2D eigenvalue weighted by molar-refractivity contribution is -0.140. The highest BCUT2D eigenvalue weighted by Crippen LogP contribution is 2.16. The van der Waals surface area contributed by atoms with Gasteiger partial charge in [-0.15, -0.1) is 0 Å². The van der Waals surface area contributed by atoms with E-state index in [1.807, 2.05) is 24.3 Å². The topological polar surface area (TPSA) is 37.4 Å². The number of hydrogen-bond acceptors (Lipinski definition) is 2. The number of Topliss-reactive ketones (excluding diaryl/α,β-unsaturated/α-hetero) is 1. The third-order valence-electron chi connectivity index (χ3n) is 2.40. The second-order valence-corrected chi connectivity index (χ2v) is 4.45. The molecule has 1 aromatic rings. The Labute approximate surface area is 96.2 Å². The van der Waals surface area contributed by atoms with Gasteiger partial charge >= 0.3 is 0 Å². The van der Waals surface area contributed by atoms with Crippen molar-refractivity contribution in [1.29, 1.82) is 0 Å². The highest BCUT2D eigenvalue weighted by atomic mass is 79.9. The number of ketones is 1. The Kier molecular flexibility index (Phi) is 2.86. The molecule has 0 aliphatic carbocycles. The van der Waals surface area contributed by atoms with Crippen LogP contribution in [0.5, 0.6) is 0 Å². The van der Waals surface area contributed by atoms with E-state index in [9.17, 15) is 9.59 Å². The summed E-state index contributed by atoms with van der Waals surface area (Å²) in [6.07, 6.45) is 0.354. The fraction of sp³-hybridized carbons (Fsp3) is 0.273. The fourth-order valence-electron chi connectivity index (χ4n) is 1.63. The minimum Gasteiger partial charge on any atom is -0.331 e. The van der Waals surface area contributed by atoms with Gasteiger partial charge in [0.25, 0.3) is 5.91 Å². The summed E-state index contributed by atoms with van der Waals surface area (Å²) >= 11 is 3.37. The van der Waals surface area contributed by atoms with Crippen molar-refractivity contribution >= 4 is 27.6 Å². The largest absolute Gasteiger partial charge is 0.331 e. The number of rotatable bonds is 2. The molecule has 0 atom stereocenters. The summed E-state index contributed by atoms with van der Waals surface area (Å²) in [5, 5.41) is 0. The number of amides is 1. The number of nitrogens with zero attached hydrogens (tertiary/aromatic N) is 1. The van der Waals surface area contributed by atoms with Crippen LogP contribution in [0.3, 0.4) is 0 Å². The van der Waals surface area contributed by atoms with Crippen LogP contribution in [0.1, 0.15) is 12.0 Å². The molecule has 1 amide bonds. The molecule has 1 saturated heterocycles. The van der Waals surface area contributed by atoms with Gasteiger partial charge in [0.2, 0.25) is 5.78 Å². The second kappa shape index (κ2) is 4.14. The van der Waals surface area contributed by atoms with Gasteiger partial charge in [0, 0.05) is 24.0 Å². The van der Waals surface area contributed by atoms with Crippen molar-refractivity contribution in [3.8, 4) is 0 Å². The monoisotopic (exact) mass is 267 g/mol. The van der Waals surface area contributed by atoms with Crippen LogP contribution in [0, 0.1) is 0 Å². The highest BCUT2D eigenvalue weighted by molar-refractivity contribution is 9.10. The first-order valence-electron chi connectivity index (χ1n) is 4.73. The minimum atomic E-state index is -0.352. The third-order valence-corrected chi connectivity index (χ3v) is 2.89. The number of hydrogen-bond donors (Lipinski definition) is 0. The molecular formula is C11H10BrNO2. The molecule has 0 spiro atoms. The van der Waals surface area contributed by atoms with Crippen molar-refractivity contribution in [2.75, 3.05) is 6.54 Å². The summed E-state index contributed by atoms with van der Waals surface area (Å²) in [5.41, 5.74) is 1.03. The van der Waals surface area contributed by atoms with Gasteiger partial charge in [-0.1, -0.05) is 28.1 Å². The Morgan fingerprint density at radius 1 is 1.33 bits per heavy atom. The zero-order valence-electron chi connectivity index (χ0n) is 8.07. The summed E-state index contributed by atoms with van der Waals surface area (Å²) in [6, 6.07) is 7.75. The molecule has 15 heavy (non-hydrogen) atoms. The van der Waals surface area contributed by atoms with Crippen LogP contribution in [-0.4, -0.2) is 23.1 Å². The van der Waals surface area contributed by atoms with E-state index in [4.69, 9.17) is 0 Å². The van der Waals surface area contributed by atoms with Crippen molar-refractivity contribution in [2.24, 2.45) is 0 Å². The Hall–Kier alpha value is -1.16. The molecule has 3 nitrogen and oxygen atoms in total. The molecule has 1 heterocycles. The molecule has 2 rings (SSSR count). The highest BCUT2D eigenvalue weighted by Gasteiger charge is 2.28. The lowest BCUT2D eigenvalue weighted by Gasteiger charge is -2.14. The first-order valence-corrected chi connectivity index (χ1v) is 5.52. The van der Waals surface area contributed by atoms with Crippen LogP contribution < -0.4 is 0 Å². The van der Waals surface area contributed by atoms with Crippen LogP contribution in [0.15, 0.2) is 28.7 Å². The predicted molar refractivity (Wildman–Crippen MR) is 59.2 cm³/mol. The molecule has 4 heteroatoms. The number of carbonyl (C=O) groups is 2. The molecule has 1 fully saturated rings. The molecule has 0 aromatic heterocycles. The van der Waals surface area contributed by atoms with Crippen molar-refractivity contribution in [3.05, 3.63) is 34.3 Å². The number of likely N-dealkylation sites (tertiary alicyclic amines) is 1. The van der Waals surface area contributed by atoms with Crippen molar-refractivity contribution < 1.29 is 9.59 Å². The summed E-state index contributed by atoms with van der Waals surface area (Å²) < 4.78 is 0.984. The fourth-order valence-corrected chi connectivity index (χ4v) is 2.07. The lowest BCUT2D eigenvalue weighted by Crippen LogP contribution is -2.26. The summed E-state index contributed by atoms with van der Waals surface area (Å²) in [7, 11) is 0. The number of halogens is 1. The van der Waals surface area contributed by atoms with Crippen molar-refractivity contribution in [3.63, 3.8) is 0 Å². The van der Waals surface area contributed by atoms with E-state index in [1.165, 1.54) is 0 Å². The number of carbonyl (C=O) groups excluding carboxylic acids is 2. The smallest absolute Gasteiger partial charge is 0.290 e. The SMILES string of the molecule is O=C1CCN(Cc2cccc(Br)c2)C1=O. The van der Waals surface area contributed by atoms with Gasteiger partial charge in [0.15, 0.2) is 0 Å². The predicted octanol–water partition coefficient (Wildman–Crippen LogP) is 1.75. The summed E-state index contributed by atoms with van der Waals surface area (Å²) in [6.45, 7) is 1.06. The van der Waals surface area contributed by atoms with Crippen molar-refractivity contribution in [1.82, 2.24) is 4.90 Å². The molecule has 78 valence electrons. The zero-order chi connectivity index (χ0) is 10.8. The van der Waals surface area contributed by atoms with E-state index in [-0.39, 0.29) is 11.7 Å². The third kappa shape index (κ3) is 2.26. The first-order chi connectivity index (χ1) is 7.16. The molecule has 0 unspecified atom stereocenters. The minimum absolute atomic E-state index is 0.273. The van der Waals surface area contributed by atoms with E-state index in [1.54, 1.807) is 4.90 Å². The van der Waals surface area contributed by atoms with E-state index in [2.05, 4.69) is 15.9 Å². The van der Waals surface area contributed by atoms with E-state index < -0.39 is 0 Å². The Bertz CT molecular complexity index is 417. The van der Waals surface area contributed by atoms with Gasteiger partial charge in [0.1, 0.15) is 0 Å². The van der Waals surface area contributed by atoms with Gasteiger partial charge in [-0.05, 0) is 17.7 Å². The molecular weight excluding hydrogens is 258 g/mol. The van der Waals surface area contributed by atoms with Crippen LogP contribution >= 0.6 is 15.9 Å². The molecule has 0 bridgehead atoms. The molecule has 0 saturated carbocycles. The molecule has 1 aliphatic rings. The molecule has 1 aliphatic heterocycles. The van der Waals surface area contributed by atoms with Crippen LogP contribution in [0.2, 0.25) is 0 Å². The van der Waals surface area contributed by atoms with Gasteiger partial charge in [0.05, 0.1) is 0 Å². The van der Waals surface area contributed by atoms with Gasteiger partial charge in [-0.3, -0.25) is 9.59 Å². The van der Waals surface area contributed by atoms with Crippen LogP contribution in [0.4, 0.5) is 0 Å². The first kappa shape index (κ1) is 10.4. The summed E-state index contributed by atoms with van der Waals surface area (Å²) in [5.74, 6) is -0.625. The van der Waals surface area contributed by atoms with Gasteiger partial charge in [-0.2, -0.15) is 0 Å². The average Bonchev–Trinajstić information content (AvgIpc) is 2.50. The second-order valence-electron chi connectivity index (χ2n) is 3.53. The molecule has 1 aromatic carbocycles. The van der Waals surface area contributed by atoms with Gasteiger partial charge in [-0.25, -0.2) is 0 Å².